The van der Waals surface area contributed by atoms with E-state index < -0.39 is 0 Å². The van der Waals surface area contributed by atoms with Crippen molar-refractivity contribution >= 4 is 17.5 Å². The van der Waals surface area contributed by atoms with Gasteiger partial charge in [-0.05, 0) is 48.8 Å². The standard InChI is InChI=1S/C23H26N2O2/c26-22(17-23(27)25-15-12-20-8-4-5-9-21(20)25)24-13-10-19(11-14-24)16-18-6-2-1-3-7-18/h1-9,19H,10-17H2. The van der Waals surface area contributed by atoms with E-state index in [1.807, 2.05) is 29.2 Å². The Kier molecular flexibility index (Phi) is 5.23. The Balaban J connectivity index is 1.28. The molecule has 2 heterocycles. The second-order valence-corrected chi connectivity index (χ2v) is 7.61. The molecule has 4 heteroatoms. The average molecular weight is 362 g/mol. The summed E-state index contributed by atoms with van der Waals surface area (Å²) in [5, 5.41) is 0. The molecule has 0 unspecified atom stereocenters. The molecule has 4 rings (SSSR count). The summed E-state index contributed by atoms with van der Waals surface area (Å²) in [5.41, 5.74) is 3.53. The molecule has 0 atom stereocenters. The maximum absolute atomic E-state index is 12.6. The summed E-state index contributed by atoms with van der Waals surface area (Å²) in [5.74, 6) is 0.525. The monoisotopic (exact) mass is 362 g/mol. The molecule has 2 aliphatic heterocycles. The van der Waals surface area contributed by atoms with Crippen LogP contribution in [0.25, 0.3) is 0 Å². The van der Waals surface area contributed by atoms with Gasteiger partial charge in [-0.25, -0.2) is 0 Å². The molecule has 27 heavy (non-hydrogen) atoms. The Morgan fingerprint density at radius 1 is 0.852 bits per heavy atom. The molecule has 0 saturated carbocycles. The highest BCUT2D eigenvalue weighted by atomic mass is 16.2. The topological polar surface area (TPSA) is 40.6 Å². The van der Waals surface area contributed by atoms with E-state index in [9.17, 15) is 9.59 Å². The zero-order valence-corrected chi connectivity index (χ0v) is 15.6. The summed E-state index contributed by atoms with van der Waals surface area (Å²) >= 11 is 0. The van der Waals surface area contributed by atoms with Crippen LogP contribution in [0.1, 0.15) is 30.4 Å². The summed E-state index contributed by atoms with van der Waals surface area (Å²) < 4.78 is 0. The van der Waals surface area contributed by atoms with E-state index in [1.165, 1.54) is 11.1 Å². The number of benzene rings is 2. The molecule has 2 aliphatic rings. The number of hydrogen-bond donors (Lipinski definition) is 0. The van der Waals surface area contributed by atoms with Crippen molar-refractivity contribution in [3.63, 3.8) is 0 Å². The third kappa shape index (κ3) is 4.05. The molecule has 2 aromatic rings. The fraction of sp³-hybridized carbons (Fsp3) is 0.391. The largest absolute Gasteiger partial charge is 0.342 e. The van der Waals surface area contributed by atoms with Crippen LogP contribution in [0, 0.1) is 5.92 Å². The van der Waals surface area contributed by atoms with Crippen LogP contribution >= 0.6 is 0 Å². The van der Waals surface area contributed by atoms with Crippen molar-refractivity contribution in [2.24, 2.45) is 5.92 Å². The van der Waals surface area contributed by atoms with Gasteiger partial charge in [-0.15, -0.1) is 0 Å². The molecule has 2 amide bonds. The highest BCUT2D eigenvalue weighted by molar-refractivity contribution is 6.06. The molecule has 0 radical (unpaired) electrons. The van der Waals surface area contributed by atoms with E-state index >= 15 is 0 Å². The van der Waals surface area contributed by atoms with Crippen molar-refractivity contribution in [1.29, 1.82) is 0 Å². The third-order valence-electron chi connectivity index (χ3n) is 5.83. The zero-order valence-electron chi connectivity index (χ0n) is 15.6. The summed E-state index contributed by atoms with van der Waals surface area (Å²) in [6.07, 6.45) is 3.97. The van der Waals surface area contributed by atoms with Crippen LogP contribution in [-0.2, 0) is 22.4 Å². The number of para-hydroxylation sites is 1. The normalized spacial score (nSPS) is 17.0. The van der Waals surface area contributed by atoms with Crippen LogP contribution in [0.5, 0.6) is 0 Å². The van der Waals surface area contributed by atoms with Gasteiger partial charge >= 0.3 is 0 Å². The number of anilines is 1. The molecule has 1 saturated heterocycles. The lowest BCUT2D eigenvalue weighted by atomic mass is 9.90. The van der Waals surface area contributed by atoms with E-state index in [0.717, 1.165) is 44.5 Å². The number of nitrogens with zero attached hydrogens (tertiary/aromatic N) is 2. The quantitative estimate of drug-likeness (QED) is 0.782. The fourth-order valence-corrected chi connectivity index (χ4v) is 4.27. The van der Waals surface area contributed by atoms with Gasteiger partial charge in [0.2, 0.25) is 11.8 Å². The first-order valence-electron chi connectivity index (χ1n) is 9.90. The van der Waals surface area contributed by atoms with E-state index in [1.54, 1.807) is 4.90 Å². The Labute approximate surface area is 160 Å². The lowest BCUT2D eigenvalue weighted by Gasteiger charge is -2.32. The molecular weight excluding hydrogens is 336 g/mol. The van der Waals surface area contributed by atoms with Gasteiger partial charge in [-0.2, -0.15) is 0 Å². The van der Waals surface area contributed by atoms with Crippen LogP contribution in [-0.4, -0.2) is 36.3 Å². The number of likely N-dealkylation sites (tertiary alicyclic amines) is 1. The first kappa shape index (κ1) is 17.8. The van der Waals surface area contributed by atoms with Crippen LogP contribution in [0.15, 0.2) is 54.6 Å². The van der Waals surface area contributed by atoms with Gasteiger partial charge < -0.3 is 9.80 Å². The minimum Gasteiger partial charge on any atom is -0.342 e. The molecule has 0 aromatic heterocycles. The third-order valence-corrected chi connectivity index (χ3v) is 5.83. The highest BCUT2D eigenvalue weighted by Crippen LogP contribution is 2.28. The minimum atomic E-state index is -0.0728. The minimum absolute atomic E-state index is 0.0162. The summed E-state index contributed by atoms with van der Waals surface area (Å²) in [6.45, 7) is 2.21. The number of amides is 2. The van der Waals surface area contributed by atoms with Gasteiger partial charge in [-0.1, -0.05) is 48.5 Å². The highest BCUT2D eigenvalue weighted by Gasteiger charge is 2.29. The summed E-state index contributed by atoms with van der Waals surface area (Å²) in [7, 11) is 0. The van der Waals surface area contributed by atoms with Gasteiger partial charge in [0.1, 0.15) is 6.42 Å². The van der Waals surface area contributed by atoms with Gasteiger partial charge in [0.05, 0.1) is 0 Å². The van der Waals surface area contributed by atoms with Gasteiger partial charge in [0, 0.05) is 25.3 Å². The number of carbonyl (C=O) groups excluding carboxylic acids is 2. The molecule has 0 bridgehead atoms. The fourth-order valence-electron chi connectivity index (χ4n) is 4.27. The van der Waals surface area contributed by atoms with E-state index in [2.05, 4.69) is 30.3 Å². The van der Waals surface area contributed by atoms with Crippen molar-refractivity contribution < 1.29 is 9.59 Å². The predicted octanol–water partition coefficient (Wildman–Crippen LogP) is 3.45. The Morgan fingerprint density at radius 2 is 1.56 bits per heavy atom. The van der Waals surface area contributed by atoms with Crippen LogP contribution in [0.4, 0.5) is 5.69 Å². The van der Waals surface area contributed by atoms with Crippen molar-refractivity contribution in [3.05, 3.63) is 65.7 Å². The predicted molar refractivity (Wildman–Crippen MR) is 107 cm³/mol. The molecule has 140 valence electrons. The Hall–Kier alpha value is -2.62. The van der Waals surface area contributed by atoms with Crippen molar-refractivity contribution in [2.45, 2.75) is 32.1 Å². The molecular formula is C23H26N2O2. The van der Waals surface area contributed by atoms with Gasteiger partial charge in [-0.3, -0.25) is 9.59 Å². The number of fused-ring (bicyclic) bond motifs is 1. The second-order valence-electron chi connectivity index (χ2n) is 7.61. The maximum atomic E-state index is 12.6. The molecule has 0 spiro atoms. The van der Waals surface area contributed by atoms with E-state index in [0.29, 0.717) is 12.5 Å². The molecule has 4 nitrogen and oxygen atoms in total. The van der Waals surface area contributed by atoms with Crippen molar-refractivity contribution in [1.82, 2.24) is 4.90 Å². The van der Waals surface area contributed by atoms with E-state index in [4.69, 9.17) is 0 Å². The van der Waals surface area contributed by atoms with Crippen LogP contribution in [0.3, 0.4) is 0 Å². The van der Waals surface area contributed by atoms with Crippen LogP contribution < -0.4 is 4.90 Å². The summed E-state index contributed by atoms with van der Waals surface area (Å²) in [4.78, 5) is 28.9. The van der Waals surface area contributed by atoms with Crippen molar-refractivity contribution in [3.8, 4) is 0 Å². The zero-order chi connectivity index (χ0) is 18.6. The van der Waals surface area contributed by atoms with E-state index in [-0.39, 0.29) is 18.2 Å². The smallest absolute Gasteiger partial charge is 0.236 e. The number of piperidine rings is 1. The number of rotatable bonds is 4. The lowest BCUT2D eigenvalue weighted by molar-refractivity contribution is -0.136. The lowest BCUT2D eigenvalue weighted by Crippen LogP contribution is -2.41. The molecule has 1 fully saturated rings. The first-order valence-corrected chi connectivity index (χ1v) is 9.90. The SMILES string of the molecule is O=C(CC(=O)N1CCc2ccccc21)N1CCC(Cc2ccccc2)CC1. The summed E-state index contributed by atoms with van der Waals surface area (Å²) in [6, 6.07) is 18.5. The Morgan fingerprint density at radius 3 is 2.33 bits per heavy atom. The average Bonchev–Trinajstić information content (AvgIpc) is 3.13. The Bertz CT molecular complexity index is 810. The molecule has 0 N–H and O–H groups in total. The first-order chi connectivity index (χ1) is 13.2. The number of carbonyl (C=O) groups is 2. The second kappa shape index (κ2) is 7.95. The molecule has 0 aliphatic carbocycles. The van der Waals surface area contributed by atoms with Gasteiger partial charge in [0.15, 0.2) is 0 Å². The molecule has 2 aromatic carbocycles. The van der Waals surface area contributed by atoms with Gasteiger partial charge in [0.25, 0.3) is 0 Å². The maximum Gasteiger partial charge on any atom is 0.236 e. The number of hydrogen-bond acceptors (Lipinski definition) is 2. The van der Waals surface area contributed by atoms with Crippen molar-refractivity contribution in [2.75, 3.05) is 24.5 Å². The van der Waals surface area contributed by atoms with Crippen LogP contribution in [0.2, 0.25) is 0 Å².